The first kappa shape index (κ1) is 18.3. The molecule has 0 spiro atoms. The minimum Gasteiger partial charge on any atom is -0.342 e. The van der Waals surface area contributed by atoms with Crippen LogP contribution in [0, 0.1) is 0 Å². The zero-order valence-electron chi connectivity index (χ0n) is 14.9. The van der Waals surface area contributed by atoms with Crippen LogP contribution in [0.15, 0.2) is 70.4 Å². The Balaban J connectivity index is 1.54. The Labute approximate surface area is 162 Å². The van der Waals surface area contributed by atoms with E-state index < -0.39 is 16.1 Å². The van der Waals surface area contributed by atoms with Crippen LogP contribution >= 0.6 is 0 Å². The van der Waals surface area contributed by atoms with Crippen molar-refractivity contribution >= 4 is 21.6 Å². The number of rotatable bonds is 5. The first-order chi connectivity index (χ1) is 13.6. The zero-order chi connectivity index (χ0) is 19.6. The molecule has 4 rings (SSSR count). The summed E-state index contributed by atoms with van der Waals surface area (Å²) < 4.78 is 31.9. The van der Waals surface area contributed by atoms with Crippen LogP contribution in [-0.4, -0.2) is 41.4 Å². The third-order valence-electron chi connectivity index (χ3n) is 4.61. The molecular weight excluding hydrogens is 380 g/mol. The number of carbonyl (C=O) groups excluding carboxylic acids is 1. The van der Waals surface area contributed by atoms with Crippen LogP contribution < -0.4 is 5.32 Å². The molecule has 0 radical (unpaired) electrons. The van der Waals surface area contributed by atoms with Crippen molar-refractivity contribution in [3.8, 4) is 11.4 Å². The molecule has 3 aromatic rings. The fraction of sp³-hybridized carbons (Fsp3) is 0.211. The SMILES string of the molecule is O=C(Nc1cccc(-c2ncon2)c1)[C@@H]1CCCN1S(=O)(=O)c1ccccc1. The summed E-state index contributed by atoms with van der Waals surface area (Å²) in [5, 5.41) is 6.58. The van der Waals surface area contributed by atoms with Crippen molar-refractivity contribution in [2.45, 2.75) is 23.8 Å². The van der Waals surface area contributed by atoms with Crippen LogP contribution in [0.1, 0.15) is 12.8 Å². The van der Waals surface area contributed by atoms with E-state index in [9.17, 15) is 13.2 Å². The van der Waals surface area contributed by atoms with E-state index in [1.165, 1.54) is 22.8 Å². The number of nitrogens with one attached hydrogen (secondary N) is 1. The second kappa shape index (κ2) is 7.53. The van der Waals surface area contributed by atoms with Gasteiger partial charge >= 0.3 is 0 Å². The maximum atomic E-state index is 12.9. The fourth-order valence-corrected chi connectivity index (χ4v) is 4.95. The third-order valence-corrected chi connectivity index (χ3v) is 6.53. The average Bonchev–Trinajstić information content (AvgIpc) is 3.41. The monoisotopic (exact) mass is 398 g/mol. The molecule has 0 aliphatic carbocycles. The summed E-state index contributed by atoms with van der Waals surface area (Å²) in [6, 6.07) is 14.4. The van der Waals surface area contributed by atoms with Crippen LogP contribution in [0.3, 0.4) is 0 Å². The summed E-state index contributed by atoms with van der Waals surface area (Å²) in [5.74, 6) is 0.0486. The Kier molecular flexibility index (Phi) is 4.93. The standard InChI is InChI=1S/C19H18N4O4S/c24-19(21-15-7-4-6-14(12-15)18-20-13-27-22-18)17-10-5-11-23(17)28(25,26)16-8-2-1-3-9-16/h1-4,6-9,12-13,17H,5,10-11H2,(H,21,24)/t17-/m0/s1. The third kappa shape index (κ3) is 3.54. The van der Waals surface area contributed by atoms with Crippen molar-refractivity contribution in [1.82, 2.24) is 14.4 Å². The molecular formula is C19H18N4O4S. The van der Waals surface area contributed by atoms with Gasteiger partial charge in [0.2, 0.25) is 28.1 Å². The first-order valence-corrected chi connectivity index (χ1v) is 10.2. The highest BCUT2D eigenvalue weighted by molar-refractivity contribution is 7.89. The maximum Gasteiger partial charge on any atom is 0.243 e. The Morgan fingerprint density at radius 3 is 2.71 bits per heavy atom. The molecule has 1 aliphatic heterocycles. The molecule has 1 saturated heterocycles. The molecule has 1 atom stereocenters. The minimum absolute atomic E-state index is 0.189. The van der Waals surface area contributed by atoms with Crippen molar-refractivity contribution < 1.29 is 17.7 Å². The second-order valence-electron chi connectivity index (χ2n) is 6.41. The average molecular weight is 398 g/mol. The zero-order valence-corrected chi connectivity index (χ0v) is 15.7. The number of hydrogen-bond acceptors (Lipinski definition) is 6. The van der Waals surface area contributed by atoms with Gasteiger partial charge in [-0.15, -0.1) is 0 Å². The van der Waals surface area contributed by atoms with E-state index in [4.69, 9.17) is 4.52 Å². The van der Waals surface area contributed by atoms with Crippen LogP contribution in [0.5, 0.6) is 0 Å². The van der Waals surface area contributed by atoms with E-state index in [0.29, 0.717) is 36.5 Å². The molecule has 9 heteroatoms. The molecule has 0 bridgehead atoms. The first-order valence-electron chi connectivity index (χ1n) is 8.80. The van der Waals surface area contributed by atoms with E-state index in [2.05, 4.69) is 15.5 Å². The predicted molar refractivity (Wildman–Crippen MR) is 102 cm³/mol. The van der Waals surface area contributed by atoms with Gasteiger partial charge in [0.25, 0.3) is 0 Å². The highest BCUT2D eigenvalue weighted by Crippen LogP contribution is 2.27. The van der Waals surface area contributed by atoms with Crippen molar-refractivity contribution in [1.29, 1.82) is 0 Å². The highest BCUT2D eigenvalue weighted by Gasteiger charge is 2.39. The van der Waals surface area contributed by atoms with E-state index in [1.54, 1.807) is 42.5 Å². The van der Waals surface area contributed by atoms with E-state index in [-0.39, 0.29) is 10.8 Å². The molecule has 0 unspecified atom stereocenters. The molecule has 1 fully saturated rings. The van der Waals surface area contributed by atoms with Crippen LogP contribution in [0.25, 0.3) is 11.4 Å². The number of nitrogens with zero attached hydrogens (tertiary/aromatic N) is 3. The minimum atomic E-state index is -3.73. The number of carbonyl (C=O) groups is 1. The molecule has 0 saturated carbocycles. The molecule has 144 valence electrons. The molecule has 8 nitrogen and oxygen atoms in total. The van der Waals surface area contributed by atoms with Crippen molar-refractivity contribution in [3.05, 3.63) is 61.0 Å². The molecule has 1 amide bonds. The van der Waals surface area contributed by atoms with Crippen molar-refractivity contribution in [2.24, 2.45) is 0 Å². The van der Waals surface area contributed by atoms with Gasteiger partial charge in [0.05, 0.1) is 4.90 Å². The van der Waals surface area contributed by atoms with Gasteiger partial charge in [-0.3, -0.25) is 4.79 Å². The maximum absolute atomic E-state index is 12.9. The summed E-state index contributed by atoms with van der Waals surface area (Å²) in [6.07, 6.45) is 2.33. The van der Waals surface area contributed by atoms with E-state index in [1.807, 2.05) is 0 Å². The lowest BCUT2D eigenvalue weighted by Crippen LogP contribution is -2.43. The van der Waals surface area contributed by atoms with E-state index >= 15 is 0 Å². The van der Waals surface area contributed by atoms with E-state index in [0.717, 1.165) is 0 Å². The van der Waals surface area contributed by atoms with Gasteiger partial charge in [0, 0.05) is 17.8 Å². The fourth-order valence-electron chi connectivity index (χ4n) is 3.28. The van der Waals surface area contributed by atoms with Crippen molar-refractivity contribution in [3.63, 3.8) is 0 Å². The molecule has 28 heavy (non-hydrogen) atoms. The van der Waals surface area contributed by atoms with Crippen LogP contribution in [0.4, 0.5) is 5.69 Å². The molecule has 1 N–H and O–H groups in total. The number of sulfonamides is 1. The number of anilines is 1. The van der Waals surface area contributed by atoms with Gasteiger partial charge in [0.1, 0.15) is 6.04 Å². The number of benzene rings is 2. The Hall–Kier alpha value is -3.04. The normalized spacial score (nSPS) is 17.5. The van der Waals surface area contributed by atoms with Gasteiger partial charge in [-0.1, -0.05) is 35.5 Å². The molecule has 1 aliphatic rings. The lowest BCUT2D eigenvalue weighted by Gasteiger charge is -2.23. The lowest BCUT2D eigenvalue weighted by atomic mass is 10.1. The molecule has 2 aromatic carbocycles. The summed E-state index contributed by atoms with van der Waals surface area (Å²) in [4.78, 5) is 17.0. The topological polar surface area (TPSA) is 105 Å². The van der Waals surface area contributed by atoms with Gasteiger partial charge < -0.3 is 9.84 Å². The van der Waals surface area contributed by atoms with Gasteiger partial charge in [0.15, 0.2) is 0 Å². The summed E-state index contributed by atoms with van der Waals surface area (Å²) in [5.41, 5.74) is 1.22. The quantitative estimate of drug-likeness (QED) is 0.708. The molecule has 1 aromatic heterocycles. The van der Waals surface area contributed by atoms with Gasteiger partial charge in [-0.2, -0.15) is 9.29 Å². The number of hydrogen-bond donors (Lipinski definition) is 1. The Bertz CT molecular complexity index is 1070. The van der Waals surface area contributed by atoms with Gasteiger partial charge in [-0.05, 0) is 37.1 Å². The van der Waals surface area contributed by atoms with Crippen LogP contribution in [0.2, 0.25) is 0 Å². The Morgan fingerprint density at radius 1 is 1.14 bits per heavy atom. The second-order valence-corrected chi connectivity index (χ2v) is 8.30. The largest absolute Gasteiger partial charge is 0.342 e. The number of aromatic nitrogens is 2. The Morgan fingerprint density at radius 2 is 1.96 bits per heavy atom. The van der Waals surface area contributed by atoms with Crippen molar-refractivity contribution in [2.75, 3.05) is 11.9 Å². The van der Waals surface area contributed by atoms with Crippen LogP contribution in [-0.2, 0) is 14.8 Å². The lowest BCUT2D eigenvalue weighted by molar-refractivity contribution is -0.119. The van der Waals surface area contributed by atoms with Gasteiger partial charge in [-0.25, -0.2) is 8.42 Å². The summed E-state index contributed by atoms with van der Waals surface area (Å²) >= 11 is 0. The number of amides is 1. The summed E-state index contributed by atoms with van der Waals surface area (Å²) in [7, 11) is -3.73. The highest BCUT2D eigenvalue weighted by atomic mass is 32.2. The summed E-state index contributed by atoms with van der Waals surface area (Å²) in [6.45, 7) is 0.318. The smallest absolute Gasteiger partial charge is 0.243 e. The molecule has 2 heterocycles. The predicted octanol–water partition coefficient (Wildman–Crippen LogP) is 2.53.